The molecule has 8 heteroatoms. The number of hydrazine groups is 1. The highest BCUT2D eigenvalue weighted by Gasteiger charge is 2.12. The average molecular weight is 504 g/mol. The Labute approximate surface area is 197 Å². The molecule has 2 rings (SSSR count). The van der Waals surface area contributed by atoms with Crippen molar-refractivity contribution in [2.24, 2.45) is 5.92 Å². The molecule has 0 aliphatic carbocycles. The van der Waals surface area contributed by atoms with E-state index in [9.17, 15) is 14.4 Å². The number of amides is 3. The second-order valence-corrected chi connectivity index (χ2v) is 8.90. The number of rotatable bonds is 9. The number of ether oxygens (including phenoxy) is 1. The molecule has 0 saturated carbocycles. The van der Waals surface area contributed by atoms with Crippen LogP contribution in [0.2, 0.25) is 0 Å². The number of benzene rings is 2. The summed E-state index contributed by atoms with van der Waals surface area (Å²) in [7, 11) is 0. The molecule has 0 aliphatic rings. The lowest BCUT2D eigenvalue weighted by molar-refractivity contribution is -0.124. The summed E-state index contributed by atoms with van der Waals surface area (Å²) < 4.78 is 6.36. The van der Waals surface area contributed by atoms with Crippen LogP contribution in [0.3, 0.4) is 0 Å². The van der Waals surface area contributed by atoms with Crippen molar-refractivity contribution in [1.29, 1.82) is 0 Å². The molecule has 2 aromatic rings. The monoisotopic (exact) mass is 503 g/mol. The molecule has 0 bridgehead atoms. The molecule has 0 unspecified atom stereocenters. The third kappa shape index (κ3) is 8.34. The third-order valence-corrected chi connectivity index (χ3v) is 5.33. The first-order valence-corrected chi connectivity index (χ1v) is 11.3. The van der Waals surface area contributed by atoms with Gasteiger partial charge in [0.25, 0.3) is 5.91 Å². The van der Waals surface area contributed by atoms with Gasteiger partial charge in [-0.2, -0.15) is 0 Å². The van der Waals surface area contributed by atoms with E-state index in [0.29, 0.717) is 28.3 Å². The zero-order chi connectivity index (χ0) is 23.7. The Hall–Kier alpha value is -2.87. The Balaban J connectivity index is 1.77. The minimum absolute atomic E-state index is 0.00302. The molecule has 2 aromatic carbocycles. The smallest absolute Gasteiger partial charge is 0.269 e. The van der Waals surface area contributed by atoms with E-state index in [1.807, 2.05) is 32.0 Å². The Morgan fingerprint density at radius 1 is 0.969 bits per heavy atom. The fourth-order valence-corrected chi connectivity index (χ4v) is 3.23. The molecule has 0 radical (unpaired) electrons. The second kappa shape index (κ2) is 12.2. The lowest BCUT2D eigenvalue weighted by Crippen LogP contribution is -2.41. The molecule has 3 N–H and O–H groups in total. The highest BCUT2D eigenvalue weighted by molar-refractivity contribution is 9.10. The first-order chi connectivity index (χ1) is 15.2. The van der Waals surface area contributed by atoms with Gasteiger partial charge in [0.15, 0.2) is 0 Å². The number of nitrogens with one attached hydrogen (secondary N) is 3. The standard InChI is InChI=1S/C24H30BrN3O4/c1-15(2)11-12-32-21-8-7-18(14-19(21)25)24(31)28-27-23(30)10-9-22(29)26-20-13-16(3)5-6-17(20)4/h5-8,13-15H,9-12H2,1-4H3,(H,26,29)(H,27,30)(H,28,31). The molecular formula is C24H30BrN3O4. The molecule has 0 atom stereocenters. The molecule has 3 amide bonds. The summed E-state index contributed by atoms with van der Waals surface area (Å²) in [5, 5.41) is 2.81. The Bertz CT molecular complexity index is 976. The van der Waals surface area contributed by atoms with Crippen LogP contribution in [0.5, 0.6) is 5.75 Å². The first kappa shape index (κ1) is 25.4. The van der Waals surface area contributed by atoms with Gasteiger partial charge in [-0.05, 0) is 77.5 Å². The summed E-state index contributed by atoms with van der Waals surface area (Å²) in [4.78, 5) is 36.4. The lowest BCUT2D eigenvalue weighted by atomic mass is 10.1. The molecule has 0 fully saturated rings. The topological polar surface area (TPSA) is 96.5 Å². The van der Waals surface area contributed by atoms with Crippen LogP contribution in [-0.4, -0.2) is 24.3 Å². The van der Waals surface area contributed by atoms with Crippen LogP contribution in [0.4, 0.5) is 5.69 Å². The zero-order valence-corrected chi connectivity index (χ0v) is 20.5. The number of halogens is 1. The predicted molar refractivity (Wildman–Crippen MR) is 128 cm³/mol. The molecule has 0 saturated heterocycles. The molecule has 32 heavy (non-hydrogen) atoms. The summed E-state index contributed by atoms with van der Waals surface area (Å²) in [6, 6.07) is 10.7. The van der Waals surface area contributed by atoms with Gasteiger partial charge in [-0.25, -0.2) is 0 Å². The van der Waals surface area contributed by atoms with E-state index in [0.717, 1.165) is 23.2 Å². The summed E-state index contributed by atoms with van der Waals surface area (Å²) in [5.74, 6) is 0.00760. The summed E-state index contributed by atoms with van der Waals surface area (Å²) in [5.41, 5.74) is 7.77. The highest BCUT2D eigenvalue weighted by atomic mass is 79.9. The Morgan fingerprint density at radius 2 is 1.69 bits per heavy atom. The van der Waals surface area contributed by atoms with E-state index in [-0.39, 0.29) is 18.7 Å². The highest BCUT2D eigenvalue weighted by Crippen LogP contribution is 2.26. The van der Waals surface area contributed by atoms with Crippen LogP contribution in [0.25, 0.3) is 0 Å². The zero-order valence-electron chi connectivity index (χ0n) is 18.9. The number of carbonyl (C=O) groups excluding carboxylic acids is 3. The van der Waals surface area contributed by atoms with E-state index < -0.39 is 11.8 Å². The van der Waals surface area contributed by atoms with Crippen LogP contribution >= 0.6 is 15.9 Å². The molecule has 172 valence electrons. The molecule has 7 nitrogen and oxygen atoms in total. The number of anilines is 1. The minimum atomic E-state index is -0.465. The third-order valence-electron chi connectivity index (χ3n) is 4.71. The maximum absolute atomic E-state index is 12.3. The van der Waals surface area contributed by atoms with E-state index in [1.165, 1.54) is 0 Å². The van der Waals surface area contributed by atoms with E-state index >= 15 is 0 Å². The first-order valence-electron chi connectivity index (χ1n) is 10.5. The van der Waals surface area contributed by atoms with Crippen LogP contribution in [0, 0.1) is 19.8 Å². The van der Waals surface area contributed by atoms with E-state index in [2.05, 4.69) is 45.9 Å². The van der Waals surface area contributed by atoms with Crippen molar-refractivity contribution in [3.05, 3.63) is 57.6 Å². The van der Waals surface area contributed by atoms with Crippen molar-refractivity contribution in [2.45, 2.75) is 47.0 Å². The fraction of sp³-hybridized carbons (Fsp3) is 0.375. The van der Waals surface area contributed by atoms with Gasteiger partial charge in [0.05, 0.1) is 11.1 Å². The van der Waals surface area contributed by atoms with Gasteiger partial charge in [0.2, 0.25) is 11.8 Å². The fourth-order valence-electron chi connectivity index (χ4n) is 2.74. The quantitative estimate of drug-likeness (QED) is 0.433. The van der Waals surface area contributed by atoms with Crippen molar-refractivity contribution < 1.29 is 19.1 Å². The largest absolute Gasteiger partial charge is 0.492 e. The van der Waals surface area contributed by atoms with Crippen molar-refractivity contribution in [3.8, 4) is 5.75 Å². The predicted octanol–water partition coefficient (Wildman–Crippen LogP) is 4.67. The number of hydrogen-bond acceptors (Lipinski definition) is 4. The minimum Gasteiger partial charge on any atom is -0.492 e. The summed E-state index contributed by atoms with van der Waals surface area (Å²) in [6.45, 7) is 8.68. The average Bonchev–Trinajstić information content (AvgIpc) is 2.74. The van der Waals surface area contributed by atoms with Gasteiger partial charge >= 0.3 is 0 Å². The van der Waals surface area contributed by atoms with Gasteiger partial charge in [-0.1, -0.05) is 26.0 Å². The maximum Gasteiger partial charge on any atom is 0.269 e. The van der Waals surface area contributed by atoms with Crippen molar-refractivity contribution in [2.75, 3.05) is 11.9 Å². The van der Waals surface area contributed by atoms with Crippen molar-refractivity contribution in [1.82, 2.24) is 10.9 Å². The lowest BCUT2D eigenvalue weighted by Gasteiger charge is -2.12. The molecule has 0 aliphatic heterocycles. The molecular weight excluding hydrogens is 474 g/mol. The van der Waals surface area contributed by atoms with Crippen LogP contribution in [0.15, 0.2) is 40.9 Å². The van der Waals surface area contributed by atoms with Crippen molar-refractivity contribution in [3.63, 3.8) is 0 Å². The normalized spacial score (nSPS) is 10.6. The number of hydrogen-bond donors (Lipinski definition) is 3. The Kier molecular flexibility index (Phi) is 9.71. The molecule has 0 spiro atoms. The summed E-state index contributed by atoms with van der Waals surface area (Å²) >= 11 is 3.40. The SMILES string of the molecule is Cc1ccc(C)c(NC(=O)CCC(=O)NNC(=O)c2ccc(OCCC(C)C)c(Br)c2)c1. The van der Waals surface area contributed by atoms with Crippen molar-refractivity contribution >= 4 is 39.3 Å². The Morgan fingerprint density at radius 3 is 2.38 bits per heavy atom. The number of carbonyl (C=O) groups is 3. The maximum atomic E-state index is 12.3. The van der Waals surface area contributed by atoms with Gasteiger partial charge in [-0.3, -0.25) is 25.2 Å². The van der Waals surface area contributed by atoms with Crippen LogP contribution < -0.4 is 20.9 Å². The van der Waals surface area contributed by atoms with Crippen LogP contribution in [0.1, 0.15) is 54.6 Å². The van der Waals surface area contributed by atoms with E-state index in [4.69, 9.17) is 4.74 Å². The van der Waals surface area contributed by atoms with Crippen LogP contribution in [-0.2, 0) is 9.59 Å². The van der Waals surface area contributed by atoms with Gasteiger partial charge in [-0.15, -0.1) is 0 Å². The summed E-state index contributed by atoms with van der Waals surface area (Å²) in [6.07, 6.45) is 0.885. The molecule has 0 heterocycles. The second-order valence-electron chi connectivity index (χ2n) is 8.05. The van der Waals surface area contributed by atoms with Gasteiger partial charge < -0.3 is 10.1 Å². The van der Waals surface area contributed by atoms with Gasteiger partial charge in [0.1, 0.15) is 5.75 Å². The molecule has 0 aromatic heterocycles. The number of aryl methyl sites for hydroxylation is 2. The van der Waals surface area contributed by atoms with Gasteiger partial charge in [0, 0.05) is 24.1 Å². The van der Waals surface area contributed by atoms with E-state index in [1.54, 1.807) is 18.2 Å².